The molecule has 0 aliphatic heterocycles. The lowest BCUT2D eigenvalue weighted by atomic mass is 9.89. The highest BCUT2D eigenvalue weighted by molar-refractivity contribution is 7.18. The molecule has 1 aliphatic carbocycles. The van der Waals surface area contributed by atoms with Crippen LogP contribution in [0.4, 0.5) is 5.69 Å². The summed E-state index contributed by atoms with van der Waals surface area (Å²) in [5, 5.41) is 3.68. The summed E-state index contributed by atoms with van der Waals surface area (Å²) in [5.74, 6) is 1.05. The maximum absolute atomic E-state index is 13.6. The van der Waals surface area contributed by atoms with E-state index in [1.165, 1.54) is 4.88 Å². The van der Waals surface area contributed by atoms with Crippen molar-refractivity contribution >= 4 is 33.1 Å². The van der Waals surface area contributed by atoms with E-state index in [9.17, 15) is 9.59 Å². The number of aromatic nitrogens is 2. The van der Waals surface area contributed by atoms with Crippen LogP contribution in [0.2, 0.25) is 0 Å². The van der Waals surface area contributed by atoms with Gasteiger partial charge in [-0.1, -0.05) is 24.6 Å². The van der Waals surface area contributed by atoms with Crippen molar-refractivity contribution in [3.63, 3.8) is 0 Å². The topological polar surface area (TPSA) is 67.2 Å². The minimum Gasteiger partial charge on any atom is -0.324 e. The quantitative estimate of drug-likeness (QED) is 0.656. The molecule has 0 saturated carbocycles. The number of thiophene rings is 1. The SMILES string of the molecule is Cc1ccc(NC(=O)Cn2c(CN(C)C)nc3sc4c(c3c2=O)CCC(C)C4)c(C)c1. The molecule has 7 heteroatoms. The minimum absolute atomic E-state index is 0.0424. The van der Waals surface area contributed by atoms with Gasteiger partial charge in [-0.2, -0.15) is 0 Å². The molecule has 0 saturated heterocycles. The molecule has 2 heterocycles. The highest BCUT2D eigenvalue weighted by Gasteiger charge is 2.25. The molecule has 164 valence electrons. The zero-order chi connectivity index (χ0) is 22.3. The smallest absolute Gasteiger partial charge is 0.263 e. The lowest BCUT2D eigenvalue weighted by molar-refractivity contribution is -0.116. The first kappa shape index (κ1) is 21.7. The Morgan fingerprint density at radius 1 is 1.32 bits per heavy atom. The minimum atomic E-state index is -0.215. The summed E-state index contributed by atoms with van der Waals surface area (Å²) < 4.78 is 1.56. The van der Waals surface area contributed by atoms with E-state index in [-0.39, 0.29) is 18.0 Å². The van der Waals surface area contributed by atoms with Gasteiger partial charge in [-0.15, -0.1) is 11.3 Å². The second-order valence-electron chi connectivity index (χ2n) is 9.06. The average molecular weight is 439 g/mol. The van der Waals surface area contributed by atoms with Gasteiger partial charge in [0.1, 0.15) is 17.2 Å². The number of fused-ring (bicyclic) bond motifs is 3. The van der Waals surface area contributed by atoms with Crippen LogP contribution in [-0.2, 0) is 30.7 Å². The van der Waals surface area contributed by atoms with Gasteiger partial charge < -0.3 is 10.2 Å². The normalized spacial score (nSPS) is 16.0. The van der Waals surface area contributed by atoms with Gasteiger partial charge in [-0.05, 0) is 70.3 Å². The van der Waals surface area contributed by atoms with E-state index in [4.69, 9.17) is 4.98 Å². The van der Waals surface area contributed by atoms with Crippen LogP contribution in [0.5, 0.6) is 0 Å². The fraction of sp³-hybridized carbons (Fsp3) is 0.458. The van der Waals surface area contributed by atoms with Crippen LogP contribution in [-0.4, -0.2) is 34.5 Å². The summed E-state index contributed by atoms with van der Waals surface area (Å²) in [6.45, 7) is 6.71. The number of rotatable bonds is 5. The van der Waals surface area contributed by atoms with Crippen LogP contribution in [0, 0.1) is 19.8 Å². The molecule has 1 aliphatic rings. The third kappa shape index (κ3) is 4.43. The molecular formula is C24H30N4O2S. The zero-order valence-electron chi connectivity index (χ0n) is 18.9. The van der Waals surface area contributed by atoms with Crippen molar-refractivity contribution in [1.29, 1.82) is 0 Å². The second kappa shape index (κ2) is 8.55. The molecular weight excluding hydrogens is 408 g/mol. The summed E-state index contributed by atoms with van der Waals surface area (Å²) in [7, 11) is 3.88. The average Bonchev–Trinajstić information content (AvgIpc) is 3.04. The van der Waals surface area contributed by atoms with Crippen molar-refractivity contribution in [2.45, 2.75) is 53.1 Å². The summed E-state index contributed by atoms with van der Waals surface area (Å²) in [4.78, 5) is 35.4. The number of carbonyl (C=O) groups excluding carboxylic acids is 1. The Bertz CT molecular complexity index is 1210. The molecule has 1 unspecified atom stereocenters. The third-order valence-corrected chi connectivity index (χ3v) is 7.06. The molecule has 0 spiro atoms. The number of hydrogen-bond donors (Lipinski definition) is 1. The third-order valence-electron chi connectivity index (χ3n) is 5.91. The standard InChI is InChI=1S/C24H30N4O2S/c1-14-7-9-18(16(3)10-14)25-21(29)13-28-20(12-27(4)5)26-23-22(24(28)30)17-8-6-15(2)11-19(17)31-23/h7,9-10,15H,6,8,11-13H2,1-5H3,(H,25,29). The number of hydrogen-bond acceptors (Lipinski definition) is 5. The highest BCUT2D eigenvalue weighted by atomic mass is 32.1. The Labute approximate surface area is 186 Å². The fourth-order valence-electron chi connectivity index (χ4n) is 4.32. The van der Waals surface area contributed by atoms with E-state index in [2.05, 4.69) is 12.2 Å². The van der Waals surface area contributed by atoms with Crippen molar-refractivity contribution in [1.82, 2.24) is 14.5 Å². The number of amides is 1. The van der Waals surface area contributed by atoms with Gasteiger partial charge >= 0.3 is 0 Å². The number of benzene rings is 1. The van der Waals surface area contributed by atoms with E-state index < -0.39 is 0 Å². The van der Waals surface area contributed by atoms with Crippen LogP contribution in [0.1, 0.15) is 40.7 Å². The number of anilines is 1. The van der Waals surface area contributed by atoms with Gasteiger partial charge in [0, 0.05) is 10.6 Å². The molecule has 1 N–H and O–H groups in total. The van der Waals surface area contributed by atoms with Crippen LogP contribution in [0.25, 0.3) is 10.2 Å². The summed E-state index contributed by atoms with van der Waals surface area (Å²) in [6, 6.07) is 5.91. The van der Waals surface area contributed by atoms with Gasteiger partial charge in [0.05, 0.1) is 11.9 Å². The Morgan fingerprint density at radius 3 is 2.81 bits per heavy atom. The van der Waals surface area contributed by atoms with Crippen molar-refractivity contribution < 1.29 is 4.79 Å². The molecule has 1 atom stereocenters. The van der Waals surface area contributed by atoms with E-state index >= 15 is 0 Å². The first-order chi connectivity index (χ1) is 14.7. The Kier molecular flexibility index (Phi) is 5.99. The van der Waals surface area contributed by atoms with E-state index in [0.29, 0.717) is 23.7 Å². The zero-order valence-corrected chi connectivity index (χ0v) is 19.7. The van der Waals surface area contributed by atoms with Crippen LogP contribution in [0.3, 0.4) is 0 Å². The predicted octanol–water partition coefficient (Wildman–Crippen LogP) is 3.90. The van der Waals surface area contributed by atoms with Crippen LogP contribution >= 0.6 is 11.3 Å². The molecule has 0 bridgehead atoms. The maximum Gasteiger partial charge on any atom is 0.263 e. The predicted molar refractivity (Wildman–Crippen MR) is 127 cm³/mol. The summed E-state index contributed by atoms with van der Waals surface area (Å²) >= 11 is 1.65. The van der Waals surface area contributed by atoms with E-state index in [0.717, 1.165) is 46.5 Å². The fourth-order valence-corrected chi connectivity index (χ4v) is 5.71. The Morgan fingerprint density at radius 2 is 2.10 bits per heavy atom. The molecule has 31 heavy (non-hydrogen) atoms. The van der Waals surface area contributed by atoms with Crippen molar-refractivity contribution in [2.24, 2.45) is 5.92 Å². The summed E-state index contributed by atoms with van der Waals surface area (Å²) in [5.41, 5.74) is 3.98. The number of nitrogens with one attached hydrogen (secondary N) is 1. The first-order valence-corrected chi connectivity index (χ1v) is 11.6. The molecule has 1 amide bonds. The van der Waals surface area contributed by atoms with Crippen molar-refractivity contribution in [3.05, 3.63) is 55.9 Å². The molecule has 0 fully saturated rings. The Balaban J connectivity index is 1.73. The van der Waals surface area contributed by atoms with Gasteiger partial charge in [-0.3, -0.25) is 14.2 Å². The number of nitrogens with zero attached hydrogens (tertiary/aromatic N) is 3. The largest absolute Gasteiger partial charge is 0.324 e. The second-order valence-corrected chi connectivity index (χ2v) is 10.1. The van der Waals surface area contributed by atoms with Crippen LogP contribution in [0.15, 0.2) is 23.0 Å². The molecule has 2 aromatic heterocycles. The van der Waals surface area contributed by atoms with Gasteiger partial charge in [0.25, 0.3) is 5.56 Å². The van der Waals surface area contributed by atoms with Gasteiger partial charge in [-0.25, -0.2) is 4.98 Å². The highest BCUT2D eigenvalue weighted by Crippen LogP contribution is 2.35. The van der Waals surface area contributed by atoms with E-state index in [1.807, 2.05) is 51.0 Å². The molecule has 4 rings (SSSR count). The molecule has 3 aromatic rings. The summed E-state index contributed by atoms with van der Waals surface area (Å²) in [6.07, 6.45) is 3.01. The van der Waals surface area contributed by atoms with Crippen molar-refractivity contribution in [2.75, 3.05) is 19.4 Å². The lowest BCUT2D eigenvalue weighted by Crippen LogP contribution is -2.33. The van der Waals surface area contributed by atoms with Gasteiger partial charge in [0.15, 0.2) is 0 Å². The monoisotopic (exact) mass is 438 g/mol. The number of aryl methyl sites for hydroxylation is 3. The van der Waals surface area contributed by atoms with Crippen molar-refractivity contribution in [3.8, 4) is 0 Å². The van der Waals surface area contributed by atoms with Crippen LogP contribution < -0.4 is 10.9 Å². The van der Waals surface area contributed by atoms with Gasteiger partial charge in [0.2, 0.25) is 5.91 Å². The lowest BCUT2D eigenvalue weighted by Gasteiger charge is -2.18. The Hall–Kier alpha value is -2.51. The van der Waals surface area contributed by atoms with E-state index in [1.54, 1.807) is 15.9 Å². The number of carbonyl (C=O) groups is 1. The maximum atomic E-state index is 13.6. The molecule has 0 radical (unpaired) electrons. The molecule has 1 aromatic carbocycles. The molecule has 6 nitrogen and oxygen atoms in total. The first-order valence-electron chi connectivity index (χ1n) is 10.8.